The number of halogens is 1. The van der Waals surface area contributed by atoms with Crippen molar-refractivity contribution in [2.45, 2.75) is 18.4 Å². The van der Waals surface area contributed by atoms with E-state index < -0.39 is 0 Å². The molecule has 0 bridgehead atoms. The summed E-state index contributed by atoms with van der Waals surface area (Å²) in [7, 11) is 1.38. The smallest absolute Gasteiger partial charge is 0.309 e. The maximum absolute atomic E-state index is 11.4. The molecular weight excluding hydrogens is 288 g/mol. The second-order valence-electron chi connectivity index (χ2n) is 4.98. The molecule has 1 unspecified atom stereocenters. The summed E-state index contributed by atoms with van der Waals surface area (Å²) in [6, 6.07) is 13.6. The van der Waals surface area contributed by atoms with Gasteiger partial charge < -0.3 is 9.47 Å². The number of methoxy groups -OCH3 is 1. The zero-order chi connectivity index (χ0) is 14.8. The Labute approximate surface area is 128 Å². The van der Waals surface area contributed by atoms with Crippen LogP contribution in [-0.4, -0.2) is 13.1 Å². The molecule has 0 amide bonds. The Bertz CT molecular complexity index is 681. The standard InChI is InChI=1S/C17H15ClO3/c1-20-16(19)9-11-6-7-15-14(8-11)17(18)13-5-3-2-4-12(13)10-21-15/h2-8,17H,9-10H2,1H3. The van der Waals surface area contributed by atoms with E-state index in [9.17, 15) is 4.79 Å². The van der Waals surface area contributed by atoms with Gasteiger partial charge in [0.15, 0.2) is 0 Å². The van der Waals surface area contributed by atoms with Crippen molar-refractivity contribution in [2.24, 2.45) is 0 Å². The SMILES string of the molecule is COC(=O)Cc1ccc2c(c1)C(Cl)c1ccccc1CO2. The molecule has 2 aromatic rings. The van der Waals surface area contributed by atoms with Crippen molar-refractivity contribution in [1.29, 1.82) is 0 Å². The van der Waals surface area contributed by atoms with E-state index in [2.05, 4.69) is 0 Å². The Kier molecular flexibility index (Phi) is 3.84. The van der Waals surface area contributed by atoms with Crippen LogP contribution >= 0.6 is 11.6 Å². The summed E-state index contributed by atoms with van der Waals surface area (Å²) in [4.78, 5) is 11.4. The fraction of sp³-hybridized carbons (Fsp3) is 0.235. The maximum atomic E-state index is 11.4. The molecule has 2 aromatic carbocycles. The molecule has 1 atom stereocenters. The van der Waals surface area contributed by atoms with Crippen LogP contribution in [0.2, 0.25) is 0 Å². The largest absolute Gasteiger partial charge is 0.489 e. The normalized spacial score (nSPS) is 16.2. The number of carbonyl (C=O) groups is 1. The molecule has 4 heteroatoms. The Balaban J connectivity index is 2.00. The van der Waals surface area contributed by atoms with E-state index in [4.69, 9.17) is 21.1 Å². The molecule has 3 rings (SSSR count). The summed E-state index contributed by atoms with van der Waals surface area (Å²) in [5, 5.41) is -0.281. The van der Waals surface area contributed by atoms with Gasteiger partial charge in [0.05, 0.1) is 18.9 Å². The van der Waals surface area contributed by atoms with Gasteiger partial charge in [0.25, 0.3) is 0 Å². The molecule has 0 radical (unpaired) electrons. The number of rotatable bonds is 2. The van der Waals surface area contributed by atoms with Gasteiger partial charge in [0.2, 0.25) is 0 Å². The highest BCUT2D eigenvalue weighted by atomic mass is 35.5. The van der Waals surface area contributed by atoms with Crippen LogP contribution in [0.5, 0.6) is 5.75 Å². The highest BCUT2D eigenvalue weighted by Gasteiger charge is 2.23. The first-order valence-electron chi connectivity index (χ1n) is 6.73. The topological polar surface area (TPSA) is 35.5 Å². The maximum Gasteiger partial charge on any atom is 0.309 e. The third-order valence-corrected chi connectivity index (χ3v) is 4.10. The zero-order valence-electron chi connectivity index (χ0n) is 11.6. The number of fused-ring (bicyclic) bond motifs is 2. The third kappa shape index (κ3) is 2.74. The van der Waals surface area contributed by atoms with Crippen molar-refractivity contribution in [1.82, 2.24) is 0 Å². The molecule has 0 fully saturated rings. The van der Waals surface area contributed by atoms with Crippen LogP contribution in [0.15, 0.2) is 42.5 Å². The summed E-state index contributed by atoms with van der Waals surface area (Å²) < 4.78 is 10.5. The van der Waals surface area contributed by atoms with Gasteiger partial charge in [-0.15, -0.1) is 11.6 Å². The lowest BCUT2D eigenvalue weighted by Gasteiger charge is -2.13. The quantitative estimate of drug-likeness (QED) is 0.628. The van der Waals surface area contributed by atoms with E-state index in [0.717, 1.165) is 28.0 Å². The van der Waals surface area contributed by atoms with Crippen molar-refractivity contribution in [3.05, 3.63) is 64.7 Å². The molecule has 0 saturated carbocycles. The van der Waals surface area contributed by atoms with E-state index in [1.807, 2.05) is 42.5 Å². The van der Waals surface area contributed by atoms with E-state index in [-0.39, 0.29) is 17.8 Å². The van der Waals surface area contributed by atoms with Crippen LogP contribution in [0.3, 0.4) is 0 Å². The van der Waals surface area contributed by atoms with Gasteiger partial charge in [0, 0.05) is 5.56 Å². The van der Waals surface area contributed by atoms with Crippen LogP contribution in [0, 0.1) is 0 Å². The average Bonchev–Trinajstić information content (AvgIpc) is 2.65. The molecule has 0 aromatic heterocycles. The predicted octanol–water partition coefficient (Wildman–Crippen LogP) is 3.62. The van der Waals surface area contributed by atoms with Crippen molar-refractivity contribution >= 4 is 17.6 Å². The summed E-state index contributed by atoms with van der Waals surface area (Å²) >= 11 is 6.63. The first-order chi connectivity index (χ1) is 10.2. The number of benzene rings is 2. The number of hydrogen-bond donors (Lipinski definition) is 0. The second-order valence-corrected chi connectivity index (χ2v) is 5.41. The van der Waals surface area contributed by atoms with Gasteiger partial charge in [-0.25, -0.2) is 0 Å². The summed E-state index contributed by atoms with van der Waals surface area (Å²) in [6.45, 7) is 0.503. The molecule has 0 N–H and O–H groups in total. The van der Waals surface area contributed by atoms with Crippen LogP contribution < -0.4 is 4.74 Å². The second kappa shape index (κ2) is 5.78. The number of esters is 1. The van der Waals surface area contributed by atoms with Crippen molar-refractivity contribution in [2.75, 3.05) is 7.11 Å². The van der Waals surface area contributed by atoms with Gasteiger partial charge in [-0.3, -0.25) is 4.79 Å². The monoisotopic (exact) mass is 302 g/mol. The molecule has 0 saturated heterocycles. The van der Waals surface area contributed by atoms with Crippen molar-refractivity contribution < 1.29 is 14.3 Å². The first kappa shape index (κ1) is 14.0. The van der Waals surface area contributed by atoms with Gasteiger partial charge in [-0.2, -0.15) is 0 Å². The Morgan fingerprint density at radius 3 is 2.90 bits per heavy atom. The molecule has 1 aliphatic rings. The molecule has 1 aliphatic heterocycles. The van der Waals surface area contributed by atoms with Gasteiger partial charge in [0.1, 0.15) is 12.4 Å². The molecule has 108 valence electrons. The van der Waals surface area contributed by atoms with Crippen LogP contribution in [0.25, 0.3) is 0 Å². The van der Waals surface area contributed by atoms with Gasteiger partial charge >= 0.3 is 5.97 Å². The van der Waals surface area contributed by atoms with Gasteiger partial charge in [-0.05, 0) is 28.8 Å². The molecule has 21 heavy (non-hydrogen) atoms. The number of hydrogen-bond acceptors (Lipinski definition) is 3. The minimum absolute atomic E-state index is 0.231. The fourth-order valence-electron chi connectivity index (χ4n) is 2.51. The van der Waals surface area contributed by atoms with E-state index in [1.54, 1.807) is 0 Å². The molecule has 1 heterocycles. The Hall–Kier alpha value is -2.00. The zero-order valence-corrected chi connectivity index (χ0v) is 12.4. The Morgan fingerprint density at radius 2 is 2.10 bits per heavy atom. The Morgan fingerprint density at radius 1 is 1.29 bits per heavy atom. The lowest BCUT2D eigenvalue weighted by molar-refractivity contribution is -0.139. The fourth-order valence-corrected chi connectivity index (χ4v) is 2.90. The van der Waals surface area contributed by atoms with E-state index in [1.165, 1.54) is 7.11 Å². The average molecular weight is 303 g/mol. The van der Waals surface area contributed by atoms with Crippen LogP contribution in [0.4, 0.5) is 0 Å². The lowest BCUT2D eigenvalue weighted by atomic mass is 9.98. The van der Waals surface area contributed by atoms with E-state index in [0.29, 0.717) is 6.61 Å². The van der Waals surface area contributed by atoms with Gasteiger partial charge in [-0.1, -0.05) is 30.3 Å². The summed E-state index contributed by atoms with van der Waals surface area (Å²) in [5.41, 5.74) is 3.90. The first-order valence-corrected chi connectivity index (χ1v) is 7.17. The number of ether oxygens (including phenoxy) is 2. The van der Waals surface area contributed by atoms with Crippen LogP contribution in [-0.2, 0) is 22.6 Å². The highest BCUT2D eigenvalue weighted by molar-refractivity contribution is 6.23. The highest BCUT2D eigenvalue weighted by Crippen LogP contribution is 2.40. The van der Waals surface area contributed by atoms with E-state index >= 15 is 0 Å². The molecule has 0 spiro atoms. The van der Waals surface area contributed by atoms with Crippen molar-refractivity contribution in [3.8, 4) is 5.75 Å². The molecule has 0 aliphatic carbocycles. The van der Waals surface area contributed by atoms with Crippen molar-refractivity contribution in [3.63, 3.8) is 0 Å². The number of carbonyl (C=O) groups excluding carboxylic acids is 1. The molecular formula is C17H15ClO3. The molecule has 3 nitrogen and oxygen atoms in total. The minimum Gasteiger partial charge on any atom is -0.489 e. The summed E-state index contributed by atoms with van der Waals surface area (Å²) in [6.07, 6.45) is 0.231. The van der Waals surface area contributed by atoms with Crippen LogP contribution in [0.1, 0.15) is 27.6 Å². The predicted molar refractivity (Wildman–Crippen MR) is 80.6 cm³/mol. The third-order valence-electron chi connectivity index (χ3n) is 3.63. The number of alkyl halides is 1. The lowest BCUT2D eigenvalue weighted by Crippen LogP contribution is -2.05. The summed E-state index contributed by atoms with van der Waals surface area (Å²) in [5.74, 6) is 0.496. The minimum atomic E-state index is -0.281.